The normalized spacial score (nSPS) is 24.5. The van der Waals surface area contributed by atoms with Crippen LogP contribution in [0.25, 0.3) is 0 Å². The summed E-state index contributed by atoms with van der Waals surface area (Å²) in [5, 5.41) is 0. The van der Waals surface area contributed by atoms with Gasteiger partial charge < -0.3 is 9.30 Å². The van der Waals surface area contributed by atoms with Gasteiger partial charge in [-0.2, -0.15) is 0 Å². The summed E-state index contributed by atoms with van der Waals surface area (Å²) in [4.78, 5) is 6.55. The SMILES string of the molecule is C[C@@]1(n2ccnc2)CN(Cc2ccccc2)CCO1. The second-order valence-corrected chi connectivity index (χ2v) is 5.19. The van der Waals surface area contributed by atoms with E-state index >= 15 is 0 Å². The highest BCUT2D eigenvalue weighted by Gasteiger charge is 2.33. The molecule has 1 aliphatic rings. The van der Waals surface area contributed by atoms with Crippen molar-refractivity contribution >= 4 is 0 Å². The molecule has 0 spiro atoms. The van der Waals surface area contributed by atoms with E-state index in [9.17, 15) is 0 Å². The molecule has 1 fully saturated rings. The van der Waals surface area contributed by atoms with Gasteiger partial charge in [-0.15, -0.1) is 0 Å². The molecule has 0 N–H and O–H groups in total. The lowest BCUT2D eigenvalue weighted by Crippen LogP contribution is -2.50. The number of ether oxygens (including phenoxy) is 1. The van der Waals surface area contributed by atoms with E-state index in [2.05, 4.69) is 47.1 Å². The molecule has 0 saturated carbocycles. The molecule has 1 aromatic carbocycles. The molecular formula is C15H19N3O. The number of rotatable bonds is 3. The second-order valence-electron chi connectivity index (χ2n) is 5.19. The van der Waals surface area contributed by atoms with Gasteiger partial charge in [0.25, 0.3) is 0 Å². The number of aromatic nitrogens is 2. The quantitative estimate of drug-likeness (QED) is 0.843. The minimum absolute atomic E-state index is 0.316. The van der Waals surface area contributed by atoms with Gasteiger partial charge >= 0.3 is 0 Å². The van der Waals surface area contributed by atoms with Crippen molar-refractivity contribution < 1.29 is 4.74 Å². The maximum Gasteiger partial charge on any atom is 0.155 e. The first-order valence-corrected chi connectivity index (χ1v) is 6.65. The maximum atomic E-state index is 5.96. The van der Waals surface area contributed by atoms with Gasteiger partial charge in [-0.1, -0.05) is 30.3 Å². The van der Waals surface area contributed by atoms with E-state index < -0.39 is 0 Å². The van der Waals surface area contributed by atoms with Gasteiger partial charge in [-0.25, -0.2) is 4.98 Å². The molecule has 4 nitrogen and oxygen atoms in total. The molecule has 100 valence electrons. The van der Waals surface area contributed by atoms with E-state index in [1.165, 1.54) is 5.56 Å². The van der Waals surface area contributed by atoms with Crippen LogP contribution in [0.3, 0.4) is 0 Å². The zero-order valence-electron chi connectivity index (χ0n) is 11.2. The van der Waals surface area contributed by atoms with E-state index in [-0.39, 0.29) is 5.72 Å². The van der Waals surface area contributed by atoms with Crippen molar-refractivity contribution in [2.75, 3.05) is 19.7 Å². The Bertz CT molecular complexity index is 511. The largest absolute Gasteiger partial charge is 0.353 e. The van der Waals surface area contributed by atoms with Crippen LogP contribution < -0.4 is 0 Å². The molecule has 1 aromatic heterocycles. The fraction of sp³-hybridized carbons (Fsp3) is 0.400. The van der Waals surface area contributed by atoms with Gasteiger partial charge in [0, 0.05) is 32.0 Å². The third kappa shape index (κ3) is 2.69. The molecule has 0 bridgehead atoms. The Morgan fingerprint density at radius 3 is 2.89 bits per heavy atom. The molecule has 0 unspecified atom stereocenters. The maximum absolute atomic E-state index is 5.96. The van der Waals surface area contributed by atoms with Gasteiger partial charge in [0.2, 0.25) is 0 Å². The summed E-state index contributed by atoms with van der Waals surface area (Å²) in [6, 6.07) is 10.6. The highest BCUT2D eigenvalue weighted by Crippen LogP contribution is 2.24. The number of hydrogen-bond donors (Lipinski definition) is 0. The first kappa shape index (κ1) is 12.4. The Balaban J connectivity index is 1.72. The smallest absolute Gasteiger partial charge is 0.155 e. The van der Waals surface area contributed by atoms with Crippen molar-refractivity contribution in [2.45, 2.75) is 19.2 Å². The van der Waals surface area contributed by atoms with E-state index in [1.54, 1.807) is 6.20 Å². The van der Waals surface area contributed by atoms with E-state index in [0.717, 1.165) is 26.2 Å². The molecule has 3 rings (SSSR count). The molecule has 19 heavy (non-hydrogen) atoms. The molecule has 4 heteroatoms. The predicted molar refractivity (Wildman–Crippen MR) is 73.5 cm³/mol. The lowest BCUT2D eigenvalue weighted by Gasteiger charge is -2.41. The Hall–Kier alpha value is -1.65. The second kappa shape index (κ2) is 5.15. The molecule has 1 saturated heterocycles. The molecule has 1 atom stereocenters. The monoisotopic (exact) mass is 257 g/mol. The summed E-state index contributed by atoms with van der Waals surface area (Å²) in [6.45, 7) is 5.68. The van der Waals surface area contributed by atoms with E-state index in [4.69, 9.17) is 4.74 Å². The summed E-state index contributed by atoms with van der Waals surface area (Å²) < 4.78 is 8.00. The number of hydrogen-bond acceptors (Lipinski definition) is 3. The third-order valence-electron chi connectivity index (χ3n) is 3.64. The summed E-state index contributed by atoms with van der Waals surface area (Å²) >= 11 is 0. The predicted octanol–water partition coefficient (Wildman–Crippen LogP) is 2.09. The van der Waals surface area contributed by atoms with Crippen LogP contribution in [-0.2, 0) is 17.0 Å². The van der Waals surface area contributed by atoms with Crippen LogP contribution in [0.4, 0.5) is 0 Å². The van der Waals surface area contributed by atoms with Crippen molar-refractivity contribution in [3.63, 3.8) is 0 Å². The van der Waals surface area contributed by atoms with Crippen LogP contribution in [0.2, 0.25) is 0 Å². The first-order chi connectivity index (χ1) is 9.26. The lowest BCUT2D eigenvalue weighted by atomic mass is 10.1. The van der Waals surface area contributed by atoms with Crippen LogP contribution >= 0.6 is 0 Å². The standard InChI is InChI=1S/C15H19N3O/c1-15(18-8-7-16-13-18)12-17(9-10-19-15)11-14-5-3-2-4-6-14/h2-8,13H,9-12H2,1H3/t15-/m0/s1. The fourth-order valence-electron chi connectivity index (χ4n) is 2.61. The Morgan fingerprint density at radius 2 is 2.16 bits per heavy atom. The Morgan fingerprint density at radius 1 is 1.32 bits per heavy atom. The van der Waals surface area contributed by atoms with Gasteiger partial charge in [0.1, 0.15) is 0 Å². The first-order valence-electron chi connectivity index (χ1n) is 6.65. The van der Waals surface area contributed by atoms with E-state index in [1.807, 2.05) is 17.1 Å². The van der Waals surface area contributed by atoms with Crippen LogP contribution in [-0.4, -0.2) is 34.1 Å². The van der Waals surface area contributed by atoms with Crippen molar-refractivity contribution in [3.05, 3.63) is 54.6 Å². The van der Waals surface area contributed by atoms with Crippen molar-refractivity contribution in [3.8, 4) is 0 Å². The van der Waals surface area contributed by atoms with Crippen LogP contribution in [0.15, 0.2) is 49.1 Å². The van der Waals surface area contributed by atoms with Gasteiger partial charge in [0.15, 0.2) is 5.72 Å². The van der Waals surface area contributed by atoms with Crippen molar-refractivity contribution in [1.82, 2.24) is 14.5 Å². The average Bonchev–Trinajstić information content (AvgIpc) is 2.95. The molecule has 1 aliphatic heterocycles. The zero-order valence-corrected chi connectivity index (χ0v) is 11.2. The van der Waals surface area contributed by atoms with Gasteiger partial charge in [-0.3, -0.25) is 4.90 Å². The van der Waals surface area contributed by atoms with Gasteiger partial charge in [0.05, 0.1) is 12.9 Å². The van der Waals surface area contributed by atoms with Crippen LogP contribution in [0, 0.1) is 0 Å². The van der Waals surface area contributed by atoms with E-state index in [0.29, 0.717) is 0 Å². The number of benzene rings is 1. The highest BCUT2D eigenvalue weighted by atomic mass is 16.5. The number of nitrogens with zero attached hydrogens (tertiary/aromatic N) is 3. The Kier molecular flexibility index (Phi) is 3.36. The molecule has 0 radical (unpaired) electrons. The lowest BCUT2D eigenvalue weighted by molar-refractivity contribution is -0.151. The fourth-order valence-corrected chi connectivity index (χ4v) is 2.61. The van der Waals surface area contributed by atoms with Crippen molar-refractivity contribution in [2.24, 2.45) is 0 Å². The molecule has 0 aliphatic carbocycles. The summed E-state index contributed by atoms with van der Waals surface area (Å²) in [5.74, 6) is 0. The van der Waals surface area contributed by atoms with Crippen LogP contribution in [0.5, 0.6) is 0 Å². The molecule has 0 amide bonds. The number of imidazole rings is 1. The summed E-state index contributed by atoms with van der Waals surface area (Å²) in [6.07, 6.45) is 5.59. The minimum atomic E-state index is -0.316. The molecular weight excluding hydrogens is 238 g/mol. The molecule has 2 heterocycles. The summed E-state index contributed by atoms with van der Waals surface area (Å²) in [7, 11) is 0. The van der Waals surface area contributed by atoms with Gasteiger partial charge in [-0.05, 0) is 12.5 Å². The minimum Gasteiger partial charge on any atom is -0.353 e. The van der Waals surface area contributed by atoms with Crippen molar-refractivity contribution in [1.29, 1.82) is 0 Å². The Labute approximate surface area is 113 Å². The average molecular weight is 257 g/mol. The highest BCUT2D eigenvalue weighted by molar-refractivity contribution is 5.14. The molecule has 2 aromatic rings. The summed E-state index contributed by atoms with van der Waals surface area (Å²) in [5.41, 5.74) is 1.03. The zero-order chi connectivity index (χ0) is 13.1. The van der Waals surface area contributed by atoms with Crippen LogP contribution in [0.1, 0.15) is 12.5 Å². The third-order valence-corrected chi connectivity index (χ3v) is 3.64. The number of morpholine rings is 1. The topological polar surface area (TPSA) is 30.3 Å².